The number of pyridine rings is 1. The van der Waals surface area contributed by atoms with Gasteiger partial charge >= 0.3 is 5.91 Å². The van der Waals surface area contributed by atoms with Crippen molar-refractivity contribution in [1.82, 2.24) is 15.8 Å². The van der Waals surface area contributed by atoms with Gasteiger partial charge in [0.05, 0.1) is 10.6 Å². The van der Waals surface area contributed by atoms with E-state index in [-0.39, 0.29) is 21.5 Å². The molecule has 24 heavy (non-hydrogen) atoms. The number of aromatic nitrogens is 1. The van der Waals surface area contributed by atoms with E-state index in [9.17, 15) is 9.59 Å². The maximum absolute atomic E-state index is 12.2. The van der Waals surface area contributed by atoms with Crippen LogP contribution in [0, 0.1) is 6.92 Å². The van der Waals surface area contributed by atoms with Gasteiger partial charge in [-0.3, -0.25) is 20.4 Å². The highest BCUT2D eigenvalue weighted by Crippen LogP contribution is 2.24. The first-order valence-corrected chi connectivity index (χ1v) is 7.63. The van der Waals surface area contributed by atoms with Crippen molar-refractivity contribution in [2.24, 2.45) is 0 Å². The minimum atomic E-state index is -0.580. The molecule has 2 heterocycles. The summed E-state index contributed by atoms with van der Waals surface area (Å²) >= 11 is 11.5. The quantitative estimate of drug-likeness (QED) is 0.538. The molecule has 0 unspecified atom stereocenters. The fourth-order valence-electron chi connectivity index (χ4n) is 2.18. The number of aryl methyl sites for hydroxylation is 1. The first kappa shape index (κ1) is 16.3. The van der Waals surface area contributed by atoms with Gasteiger partial charge in [-0.1, -0.05) is 41.4 Å². The number of carbonyl (C=O) groups is 2. The van der Waals surface area contributed by atoms with Gasteiger partial charge < -0.3 is 4.42 Å². The zero-order chi connectivity index (χ0) is 17.3. The van der Waals surface area contributed by atoms with Gasteiger partial charge in [0.1, 0.15) is 10.7 Å². The number of rotatable bonds is 2. The van der Waals surface area contributed by atoms with Crippen molar-refractivity contribution >= 4 is 46.0 Å². The number of nitrogens with one attached hydrogen (secondary N) is 2. The monoisotopic (exact) mass is 363 g/mol. The van der Waals surface area contributed by atoms with Gasteiger partial charge in [0, 0.05) is 17.1 Å². The standard InChI is InChI=1S/C16H11Cl2N3O3/c1-8-10-4-2-3-5-12(10)24-13(8)16(23)21-20-15(22)9-6-11(17)14(18)19-7-9/h2-7H,1H3,(H,20,22)(H,21,23). The predicted octanol–water partition coefficient (Wildman–Crippen LogP) is 3.52. The molecule has 3 aromatic rings. The van der Waals surface area contributed by atoms with Crippen LogP contribution in [0.2, 0.25) is 10.2 Å². The van der Waals surface area contributed by atoms with Crippen molar-refractivity contribution in [3.8, 4) is 0 Å². The Hall–Kier alpha value is -2.57. The normalized spacial score (nSPS) is 10.6. The van der Waals surface area contributed by atoms with E-state index in [1.165, 1.54) is 12.3 Å². The molecule has 6 nitrogen and oxygen atoms in total. The Bertz CT molecular complexity index is 953. The number of amides is 2. The molecule has 8 heteroatoms. The molecule has 3 rings (SSSR count). The Morgan fingerprint density at radius 2 is 1.83 bits per heavy atom. The van der Waals surface area contributed by atoms with E-state index in [0.29, 0.717) is 11.1 Å². The maximum Gasteiger partial charge on any atom is 0.305 e. The van der Waals surface area contributed by atoms with E-state index in [1.807, 2.05) is 18.2 Å². The minimum absolute atomic E-state index is 0.0927. The molecule has 2 aromatic heterocycles. The summed E-state index contributed by atoms with van der Waals surface area (Å²) in [6, 6.07) is 8.63. The van der Waals surface area contributed by atoms with Gasteiger partial charge in [-0.15, -0.1) is 0 Å². The third kappa shape index (κ3) is 3.06. The van der Waals surface area contributed by atoms with Crippen molar-refractivity contribution in [2.75, 3.05) is 0 Å². The van der Waals surface area contributed by atoms with E-state index in [2.05, 4.69) is 15.8 Å². The van der Waals surface area contributed by atoms with E-state index in [4.69, 9.17) is 27.6 Å². The number of nitrogens with zero attached hydrogens (tertiary/aromatic N) is 1. The van der Waals surface area contributed by atoms with Crippen LogP contribution in [0.4, 0.5) is 0 Å². The Balaban J connectivity index is 1.73. The number of hydrazine groups is 1. The van der Waals surface area contributed by atoms with E-state index in [1.54, 1.807) is 13.0 Å². The Kier molecular flexibility index (Phi) is 4.42. The molecule has 0 spiro atoms. The molecular formula is C16H11Cl2N3O3. The first-order valence-electron chi connectivity index (χ1n) is 6.87. The van der Waals surface area contributed by atoms with Gasteiger partial charge in [-0.05, 0) is 19.1 Å². The van der Waals surface area contributed by atoms with Crippen LogP contribution in [0.3, 0.4) is 0 Å². The van der Waals surface area contributed by atoms with Crippen LogP contribution in [0.1, 0.15) is 26.5 Å². The van der Waals surface area contributed by atoms with Gasteiger partial charge in [-0.25, -0.2) is 4.98 Å². The van der Waals surface area contributed by atoms with E-state index >= 15 is 0 Å². The zero-order valence-electron chi connectivity index (χ0n) is 12.4. The average Bonchev–Trinajstić information content (AvgIpc) is 2.92. The summed E-state index contributed by atoms with van der Waals surface area (Å²) in [7, 11) is 0. The van der Waals surface area contributed by atoms with Crippen LogP contribution in [-0.2, 0) is 0 Å². The lowest BCUT2D eigenvalue weighted by atomic mass is 10.1. The second kappa shape index (κ2) is 6.51. The Morgan fingerprint density at radius 3 is 2.54 bits per heavy atom. The van der Waals surface area contributed by atoms with Gasteiger partial charge in [0.15, 0.2) is 5.76 Å². The summed E-state index contributed by atoms with van der Waals surface area (Å²) in [4.78, 5) is 28.0. The van der Waals surface area contributed by atoms with Crippen LogP contribution in [0.25, 0.3) is 11.0 Å². The lowest BCUT2D eigenvalue weighted by Crippen LogP contribution is -2.41. The fourth-order valence-corrected chi connectivity index (χ4v) is 2.45. The number of halogens is 2. The fraction of sp³-hybridized carbons (Fsp3) is 0.0625. The SMILES string of the molecule is Cc1c(C(=O)NNC(=O)c2cnc(Cl)c(Cl)c2)oc2ccccc12. The number of furan rings is 1. The molecule has 1 aromatic carbocycles. The molecule has 2 amide bonds. The maximum atomic E-state index is 12.2. The second-order valence-electron chi connectivity index (χ2n) is 4.96. The summed E-state index contributed by atoms with van der Waals surface area (Å²) in [5.41, 5.74) is 6.02. The third-order valence-electron chi connectivity index (χ3n) is 3.40. The molecule has 0 saturated heterocycles. The lowest BCUT2D eigenvalue weighted by Gasteiger charge is -2.06. The summed E-state index contributed by atoms with van der Waals surface area (Å²) in [6.45, 7) is 1.77. The number of hydrogen-bond acceptors (Lipinski definition) is 4. The van der Waals surface area contributed by atoms with Gasteiger partial charge in [0.25, 0.3) is 5.91 Å². The van der Waals surface area contributed by atoms with Crippen LogP contribution >= 0.6 is 23.2 Å². The third-order valence-corrected chi connectivity index (χ3v) is 4.08. The van der Waals surface area contributed by atoms with Crippen LogP contribution in [0.15, 0.2) is 40.9 Å². The minimum Gasteiger partial charge on any atom is -0.451 e. The summed E-state index contributed by atoms with van der Waals surface area (Å²) in [5, 5.41) is 1.07. The highest BCUT2D eigenvalue weighted by atomic mass is 35.5. The lowest BCUT2D eigenvalue weighted by molar-refractivity contribution is 0.0831. The van der Waals surface area contributed by atoms with Crippen molar-refractivity contribution in [3.63, 3.8) is 0 Å². The highest BCUT2D eigenvalue weighted by molar-refractivity contribution is 6.41. The van der Waals surface area contributed by atoms with Crippen molar-refractivity contribution < 1.29 is 14.0 Å². The molecule has 0 atom stereocenters. The van der Waals surface area contributed by atoms with E-state index in [0.717, 1.165) is 5.39 Å². The van der Waals surface area contributed by atoms with Crippen LogP contribution in [0.5, 0.6) is 0 Å². The molecule has 0 radical (unpaired) electrons. The number of hydrogen-bond donors (Lipinski definition) is 2. The molecule has 0 fully saturated rings. The van der Waals surface area contributed by atoms with Crippen LogP contribution in [-0.4, -0.2) is 16.8 Å². The van der Waals surface area contributed by atoms with Gasteiger partial charge in [-0.2, -0.15) is 0 Å². The van der Waals surface area contributed by atoms with E-state index < -0.39 is 11.8 Å². The summed E-state index contributed by atoms with van der Waals surface area (Å²) in [5.74, 6) is -1.02. The predicted molar refractivity (Wildman–Crippen MR) is 90.1 cm³/mol. The molecule has 0 aliphatic rings. The number of para-hydroxylation sites is 1. The molecule has 0 saturated carbocycles. The van der Waals surface area contributed by atoms with Gasteiger partial charge in [0.2, 0.25) is 0 Å². The number of carbonyl (C=O) groups excluding carboxylic acids is 2. The smallest absolute Gasteiger partial charge is 0.305 e. The van der Waals surface area contributed by atoms with Crippen molar-refractivity contribution in [1.29, 1.82) is 0 Å². The van der Waals surface area contributed by atoms with Crippen molar-refractivity contribution in [2.45, 2.75) is 6.92 Å². The molecule has 0 bridgehead atoms. The molecular weight excluding hydrogens is 353 g/mol. The number of fused-ring (bicyclic) bond motifs is 1. The number of benzene rings is 1. The average molecular weight is 364 g/mol. The summed E-state index contributed by atoms with van der Waals surface area (Å²) < 4.78 is 5.52. The Morgan fingerprint density at radius 1 is 1.12 bits per heavy atom. The molecule has 122 valence electrons. The molecule has 0 aliphatic carbocycles. The first-order chi connectivity index (χ1) is 11.5. The second-order valence-corrected chi connectivity index (χ2v) is 5.72. The topological polar surface area (TPSA) is 84.2 Å². The Labute approximate surface area is 146 Å². The highest BCUT2D eigenvalue weighted by Gasteiger charge is 2.18. The summed E-state index contributed by atoms with van der Waals surface area (Å²) in [6.07, 6.45) is 1.25. The van der Waals surface area contributed by atoms with Crippen molar-refractivity contribution in [3.05, 3.63) is 63.6 Å². The molecule has 0 aliphatic heterocycles. The zero-order valence-corrected chi connectivity index (χ0v) is 13.9. The largest absolute Gasteiger partial charge is 0.451 e. The molecule has 2 N–H and O–H groups in total. The van der Waals surface area contributed by atoms with Crippen LogP contribution < -0.4 is 10.9 Å².